The van der Waals surface area contributed by atoms with E-state index in [1.807, 2.05) is 0 Å². The molecule has 0 aromatic carbocycles. The van der Waals surface area contributed by atoms with Crippen molar-refractivity contribution < 1.29 is 102 Å². The Kier molecular flexibility index (Phi) is 9.12. The van der Waals surface area contributed by atoms with Crippen LogP contribution < -0.4 is 0 Å². The molecule has 0 bridgehead atoms. The highest BCUT2D eigenvalue weighted by atomic mass is 19.4. The quantitative estimate of drug-likeness (QED) is 0.125. The van der Waals surface area contributed by atoms with Crippen molar-refractivity contribution in [3.05, 3.63) is 12.2 Å². The topological polar surface area (TPSA) is 26.3 Å². The highest BCUT2D eigenvalue weighted by Gasteiger charge is 2.98. The van der Waals surface area contributed by atoms with E-state index in [0.29, 0.717) is 0 Å². The first-order valence-electron chi connectivity index (χ1n) is 8.98. The Morgan fingerprint density at radius 3 is 1.03 bits per heavy atom. The second-order valence-corrected chi connectivity index (χ2v) is 7.28. The number of carbonyl (C=O) groups is 1. The van der Waals surface area contributed by atoms with E-state index >= 15 is 0 Å². The molecule has 0 saturated heterocycles. The van der Waals surface area contributed by atoms with Gasteiger partial charge in [-0.1, -0.05) is 13.5 Å². The summed E-state index contributed by atoms with van der Waals surface area (Å²) in [5, 5.41) is 0. The zero-order valence-electron chi connectivity index (χ0n) is 17.9. The van der Waals surface area contributed by atoms with Gasteiger partial charge in [0.25, 0.3) is 0 Å². The van der Waals surface area contributed by atoms with Crippen LogP contribution in [0.25, 0.3) is 0 Å². The number of carbonyl (C=O) groups excluding carboxylic acids is 1. The molecular formula is C16H9F21O2. The Labute approximate surface area is 200 Å². The van der Waals surface area contributed by atoms with Gasteiger partial charge >= 0.3 is 65.4 Å². The second kappa shape index (κ2) is 9.68. The molecule has 0 aromatic rings. The fourth-order valence-corrected chi connectivity index (χ4v) is 2.16. The van der Waals surface area contributed by atoms with Gasteiger partial charge in [-0.05, 0) is 6.42 Å². The number of hydrogen-bond acceptors (Lipinski definition) is 2. The summed E-state index contributed by atoms with van der Waals surface area (Å²) < 4.78 is 282. The molecule has 0 unspecified atom stereocenters. The predicted octanol–water partition coefficient (Wildman–Crippen LogP) is 7.78. The fraction of sp³-hybridized carbons (Fsp3) is 0.812. The predicted molar refractivity (Wildman–Crippen MR) is 81.0 cm³/mol. The van der Waals surface area contributed by atoms with Crippen molar-refractivity contribution in [3.8, 4) is 0 Å². The summed E-state index contributed by atoms with van der Waals surface area (Å²) in [6.07, 6.45) is -8.37. The van der Waals surface area contributed by atoms with Crippen molar-refractivity contribution in [3.63, 3.8) is 0 Å². The fourth-order valence-electron chi connectivity index (χ4n) is 2.16. The summed E-state index contributed by atoms with van der Waals surface area (Å²) in [6.45, 7) is 1.84. The van der Waals surface area contributed by atoms with Crippen molar-refractivity contribution in [1.29, 1.82) is 0 Å². The van der Waals surface area contributed by atoms with Crippen LogP contribution in [0.2, 0.25) is 0 Å². The van der Waals surface area contributed by atoms with Gasteiger partial charge in [0, 0.05) is 0 Å². The van der Waals surface area contributed by atoms with Gasteiger partial charge in [-0.2, -0.15) is 92.2 Å². The molecule has 0 heterocycles. The van der Waals surface area contributed by atoms with Crippen LogP contribution in [0.15, 0.2) is 12.2 Å². The first kappa shape index (κ1) is 36.7. The van der Waals surface area contributed by atoms with Gasteiger partial charge in [0.1, 0.15) is 5.57 Å². The third-order valence-electron chi connectivity index (χ3n) is 4.57. The van der Waals surface area contributed by atoms with E-state index < -0.39 is 77.6 Å². The molecule has 0 spiro atoms. The zero-order chi connectivity index (χ0) is 32.3. The van der Waals surface area contributed by atoms with Crippen molar-refractivity contribution in [2.45, 2.75) is 72.8 Å². The summed E-state index contributed by atoms with van der Waals surface area (Å²) in [4.78, 5) is 11.2. The number of alkyl halides is 21. The molecule has 0 atom stereocenters. The average molecular weight is 632 g/mol. The molecule has 0 N–H and O–H groups in total. The van der Waals surface area contributed by atoms with E-state index in [1.165, 1.54) is 0 Å². The van der Waals surface area contributed by atoms with Crippen LogP contribution in [0.3, 0.4) is 0 Å². The van der Waals surface area contributed by atoms with Crippen LogP contribution in [-0.4, -0.2) is 72.1 Å². The molecule has 0 aliphatic carbocycles. The molecule has 0 aromatic heterocycles. The number of rotatable bonds is 12. The van der Waals surface area contributed by atoms with Crippen molar-refractivity contribution in [1.82, 2.24) is 0 Å². The van der Waals surface area contributed by atoms with Crippen LogP contribution in [0.1, 0.15) is 13.3 Å². The minimum absolute atomic E-state index is 0.331. The molecule has 0 rings (SSSR count). The molecule has 23 heteroatoms. The third-order valence-corrected chi connectivity index (χ3v) is 4.57. The Morgan fingerprint density at radius 2 is 0.769 bits per heavy atom. The molecule has 0 amide bonds. The Bertz CT molecular complexity index is 929. The van der Waals surface area contributed by atoms with Gasteiger partial charge in [-0.3, -0.25) is 0 Å². The third kappa shape index (κ3) is 4.73. The standard InChI is InChI=1S/C16H9F21O2/c1-3-4-39-6(38)5(2)7(17,18)8(19,20)9(21,22)10(23,24)11(25,26)12(27,28)13(29,30)14(31,32)15(33,34)16(35,36)37/h2-4H2,1H3. The van der Waals surface area contributed by atoms with Gasteiger partial charge in [0.2, 0.25) is 0 Å². The maximum Gasteiger partial charge on any atom is 0.460 e. The van der Waals surface area contributed by atoms with E-state index in [9.17, 15) is 97.0 Å². The van der Waals surface area contributed by atoms with Crippen LogP contribution in [0, 0.1) is 0 Å². The van der Waals surface area contributed by atoms with Crippen molar-refractivity contribution in [2.75, 3.05) is 6.61 Å². The Morgan fingerprint density at radius 1 is 0.513 bits per heavy atom. The molecular weight excluding hydrogens is 623 g/mol. The van der Waals surface area contributed by atoms with Gasteiger partial charge in [-0.25, -0.2) is 4.79 Å². The lowest BCUT2D eigenvalue weighted by molar-refractivity contribution is -0.473. The van der Waals surface area contributed by atoms with E-state index in [2.05, 4.69) is 4.74 Å². The van der Waals surface area contributed by atoms with Gasteiger partial charge in [0.05, 0.1) is 6.61 Å². The maximum atomic E-state index is 13.8. The summed E-state index contributed by atoms with van der Waals surface area (Å²) in [5.41, 5.74) is -3.26. The minimum Gasteiger partial charge on any atom is -0.462 e. The zero-order valence-corrected chi connectivity index (χ0v) is 17.9. The van der Waals surface area contributed by atoms with Gasteiger partial charge in [0.15, 0.2) is 0 Å². The molecule has 39 heavy (non-hydrogen) atoms. The van der Waals surface area contributed by atoms with Crippen LogP contribution in [0.4, 0.5) is 92.2 Å². The molecule has 0 fully saturated rings. The lowest BCUT2D eigenvalue weighted by atomic mass is 9.85. The first-order chi connectivity index (χ1) is 16.6. The van der Waals surface area contributed by atoms with E-state index in [1.54, 1.807) is 6.58 Å². The highest BCUT2D eigenvalue weighted by molar-refractivity contribution is 5.90. The normalized spacial score (nSPS) is 15.8. The lowest BCUT2D eigenvalue weighted by Crippen LogP contribution is -2.77. The number of hydrogen-bond donors (Lipinski definition) is 0. The summed E-state index contributed by atoms with van der Waals surface area (Å²) in [6, 6.07) is 0. The largest absolute Gasteiger partial charge is 0.462 e. The molecule has 0 aliphatic rings. The van der Waals surface area contributed by atoms with Gasteiger partial charge < -0.3 is 4.74 Å². The smallest absolute Gasteiger partial charge is 0.460 e. The van der Waals surface area contributed by atoms with Gasteiger partial charge in [-0.15, -0.1) is 0 Å². The summed E-state index contributed by atoms with van der Waals surface area (Å²) >= 11 is 0. The lowest BCUT2D eigenvalue weighted by Gasteiger charge is -2.44. The van der Waals surface area contributed by atoms with Crippen molar-refractivity contribution in [2.24, 2.45) is 0 Å². The molecule has 0 aliphatic heterocycles. The summed E-state index contributed by atoms with van der Waals surface area (Å²) in [7, 11) is 0. The van der Waals surface area contributed by atoms with E-state index in [-0.39, 0.29) is 6.42 Å². The van der Waals surface area contributed by atoms with Crippen LogP contribution in [0.5, 0.6) is 0 Å². The number of halogens is 21. The molecule has 2 nitrogen and oxygen atoms in total. The second-order valence-electron chi connectivity index (χ2n) is 7.28. The monoisotopic (exact) mass is 632 g/mol. The molecule has 0 radical (unpaired) electrons. The Balaban J connectivity index is 7.06. The average Bonchev–Trinajstić information content (AvgIpc) is 2.74. The highest BCUT2D eigenvalue weighted by Crippen LogP contribution is 2.66. The SMILES string of the molecule is C=C(C(=O)OCCC)C(F)(F)C(F)(F)C(F)(F)C(F)(F)C(F)(F)C(F)(F)C(F)(F)C(F)(F)C(F)(F)C(F)(F)F. The molecule has 232 valence electrons. The number of ether oxygens (including phenoxy) is 1. The molecule has 0 saturated carbocycles. The maximum absolute atomic E-state index is 13.8. The van der Waals surface area contributed by atoms with Crippen LogP contribution in [-0.2, 0) is 9.53 Å². The summed E-state index contributed by atoms with van der Waals surface area (Å²) in [5.74, 6) is -81.3. The first-order valence-corrected chi connectivity index (χ1v) is 8.98. The Hall–Kier alpha value is -2.26. The minimum atomic E-state index is -9.26. The van der Waals surface area contributed by atoms with E-state index in [0.717, 1.165) is 6.92 Å². The van der Waals surface area contributed by atoms with E-state index in [4.69, 9.17) is 0 Å². The van der Waals surface area contributed by atoms with Crippen LogP contribution >= 0.6 is 0 Å². The number of esters is 1. The van der Waals surface area contributed by atoms with Crippen molar-refractivity contribution >= 4 is 5.97 Å².